The van der Waals surface area contributed by atoms with Crippen molar-refractivity contribution in [3.8, 4) is 6.01 Å². The van der Waals surface area contributed by atoms with Gasteiger partial charge in [0, 0.05) is 6.54 Å². The molecule has 16 heavy (non-hydrogen) atoms. The van der Waals surface area contributed by atoms with E-state index < -0.39 is 13.0 Å². The van der Waals surface area contributed by atoms with Crippen LogP contribution in [0.15, 0.2) is 0 Å². The van der Waals surface area contributed by atoms with E-state index in [4.69, 9.17) is 11.6 Å². The quantitative estimate of drug-likeness (QED) is 0.839. The van der Waals surface area contributed by atoms with Crippen molar-refractivity contribution in [2.24, 2.45) is 0 Å². The van der Waals surface area contributed by atoms with Gasteiger partial charge in [0.05, 0.1) is 0 Å². The van der Waals surface area contributed by atoms with E-state index in [0.717, 1.165) is 6.42 Å². The van der Waals surface area contributed by atoms with Gasteiger partial charge in [-0.2, -0.15) is 15.0 Å². The van der Waals surface area contributed by atoms with Crippen molar-refractivity contribution in [2.45, 2.75) is 19.8 Å². The maximum Gasteiger partial charge on any atom is 0.322 e. The predicted molar refractivity (Wildman–Crippen MR) is 55.1 cm³/mol. The zero-order valence-electron chi connectivity index (χ0n) is 8.58. The van der Waals surface area contributed by atoms with Crippen molar-refractivity contribution >= 4 is 17.5 Å². The third-order valence-corrected chi connectivity index (χ3v) is 1.63. The maximum atomic E-state index is 11.9. The number of rotatable bonds is 6. The number of hydrogen-bond acceptors (Lipinski definition) is 5. The second-order valence-electron chi connectivity index (χ2n) is 2.84. The molecule has 1 aromatic heterocycles. The van der Waals surface area contributed by atoms with Gasteiger partial charge in [-0.25, -0.2) is 8.78 Å². The minimum atomic E-state index is -2.58. The van der Waals surface area contributed by atoms with Crippen LogP contribution in [0.2, 0.25) is 5.28 Å². The Kier molecular flexibility index (Phi) is 5.10. The molecule has 0 aromatic carbocycles. The second-order valence-corrected chi connectivity index (χ2v) is 3.18. The van der Waals surface area contributed by atoms with Gasteiger partial charge >= 0.3 is 6.01 Å². The molecule has 0 amide bonds. The Morgan fingerprint density at radius 2 is 2.12 bits per heavy atom. The van der Waals surface area contributed by atoms with E-state index in [1.165, 1.54) is 0 Å². The fraction of sp³-hybridized carbons (Fsp3) is 0.625. The molecule has 8 heteroatoms. The number of aromatic nitrogens is 3. The largest absolute Gasteiger partial charge is 0.457 e. The molecule has 0 aliphatic carbocycles. The van der Waals surface area contributed by atoms with Gasteiger partial charge in [-0.1, -0.05) is 6.92 Å². The van der Waals surface area contributed by atoms with Gasteiger partial charge < -0.3 is 10.1 Å². The van der Waals surface area contributed by atoms with Crippen molar-refractivity contribution in [1.29, 1.82) is 0 Å². The zero-order chi connectivity index (χ0) is 12.0. The minimum Gasteiger partial charge on any atom is -0.457 e. The van der Waals surface area contributed by atoms with E-state index in [9.17, 15) is 8.78 Å². The number of hydrogen-bond donors (Lipinski definition) is 1. The summed E-state index contributed by atoms with van der Waals surface area (Å²) in [7, 11) is 0. The van der Waals surface area contributed by atoms with Crippen LogP contribution in [0, 0.1) is 0 Å². The normalized spacial score (nSPS) is 10.6. The van der Waals surface area contributed by atoms with Gasteiger partial charge in [-0.05, 0) is 18.0 Å². The molecule has 0 spiro atoms. The van der Waals surface area contributed by atoms with Crippen LogP contribution in [-0.4, -0.2) is 34.5 Å². The average Bonchev–Trinajstić information content (AvgIpc) is 2.23. The standard InChI is InChI=1S/C8H11ClF2N4O/c1-2-3-12-7-13-6(9)14-8(15-7)16-4-5(10)11/h5H,2-4H2,1H3,(H,12,13,14,15). The molecule has 1 rings (SSSR count). The van der Waals surface area contributed by atoms with Crippen LogP contribution >= 0.6 is 11.6 Å². The summed E-state index contributed by atoms with van der Waals surface area (Å²) in [6.45, 7) is 1.84. The van der Waals surface area contributed by atoms with E-state index in [-0.39, 0.29) is 17.2 Å². The Morgan fingerprint density at radius 1 is 1.38 bits per heavy atom. The van der Waals surface area contributed by atoms with E-state index in [1.54, 1.807) is 0 Å². The fourth-order valence-corrected chi connectivity index (χ4v) is 1.00. The summed E-state index contributed by atoms with van der Waals surface area (Å²) in [4.78, 5) is 11.1. The predicted octanol–water partition coefficient (Wildman–Crippen LogP) is 1.99. The minimum absolute atomic E-state index is 0.0992. The first-order valence-electron chi connectivity index (χ1n) is 4.68. The van der Waals surface area contributed by atoms with Crippen molar-refractivity contribution in [3.63, 3.8) is 0 Å². The van der Waals surface area contributed by atoms with E-state index >= 15 is 0 Å². The van der Waals surface area contributed by atoms with Crippen molar-refractivity contribution in [3.05, 3.63) is 5.28 Å². The van der Waals surface area contributed by atoms with Crippen LogP contribution in [0.25, 0.3) is 0 Å². The summed E-state index contributed by atoms with van der Waals surface area (Å²) in [6, 6.07) is -0.209. The summed E-state index contributed by atoms with van der Waals surface area (Å²) >= 11 is 5.57. The highest BCUT2D eigenvalue weighted by Crippen LogP contribution is 2.11. The summed E-state index contributed by atoms with van der Waals surface area (Å²) in [5.41, 5.74) is 0. The molecule has 0 saturated heterocycles. The summed E-state index contributed by atoms with van der Waals surface area (Å²) in [5.74, 6) is 0.214. The van der Waals surface area contributed by atoms with Crippen molar-refractivity contribution < 1.29 is 13.5 Å². The third kappa shape index (κ3) is 4.52. The van der Waals surface area contributed by atoms with Gasteiger partial charge in [-0.3, -0.25) is 0 Å². The van der Waals surface area contributed by atoms with Crippen LogP contribution < -0.4 is 10.1 Å². The Bertz CT molecular complexity index is 340. The van der Waals surface area contributed by atoms with E-state index in [1.807, 2.05) is 6.92 Å². The fourth-order valence-electron chi connectivity index (χ4n) is 0.850. The topological polar surface area (TPSA) is 59.9 Å². The lowest BCUT2D eigenvalue weighted by Crippen LogP contribution is -2.11. The molecular formula is C8H11ClF2N4O. The molecule has 90 valence electrons. The second kappa shape index (κ2) is 6.37. The molecule has 1 aromatic rings. The Morgan fingerprint density at radius 3 is 2.75 bits per heavy atom. The highest BCUT2D eigenvalue weighted by molar-refractivity contribution is 6.28. The van der Waals surface area contributed by atoms with Crippen LogP contribution in [0.3, 0.4) is 0 Å². The summed E-state index contributed by atoms with van der Waals surface area (Å²) in [5, 5.41) is 2.75. The van der Waals surface area contributed by atoms with Crippen molar-refractivity contribution in [1.82, 2.24) is 15.0 Å². The lowest BCUT2D eigenvalue weighted by atomic mass is 10.5. The number of nitrogens with zero attached hydrogens (tertiary/aromatic N) is 3. The Hall–Kier alpha value is -1.24. The molecule has 0 aliphatic rings. The smallest absolute Gasteiger partial charge is 0.322 e. The van der Waals surface area contributed by atoms with Gasteiger partial charge in [0.2, 0.25) is 11.2 Å². The molecular weight excluding hydrogens is 242 g/mol. The molecule has 0 aliphatic heterocycles. The monoisotopic (exact) mass is 252 g/mol. The lowest BCUT2D eigenvalue weighted by molar-refractivity contribution is 0.0769. The number of nitrogens with one attached hydrogen (secondary N) is 1. The van der Waals surface area contributed by atoms with E-state index in [2.05, 4.69) is 25.0 Å². The van der Waals surface area contributed by atoms with Gasteiger partial charge in [0.25, 0.3) is 6.43 Å². The summed E-state index contributed by atoms with van der Waals surface area (Å²) in [6.07, 6.45) is -1.71. The maximum absolute atomic E-state index is 11.9. The molecule has 1 N–H and O–H groups in total. The molecule has 0 fully saturated rings. The number of alkyl halides is 2. The average molecular weight is 253 g/mol. The van der Waals surface area contributed by atoms with Crippen LogP contribution in [-0.2, 0) is 0 Å². The first-order chi connectivity index (χ1) is 7.61. The molecule has 1 heterocycles. The number of anilines is 1. The van der Waals surface area contributed by atoms with E-state index in [0.29, 0.717) is 6.54 Å². The SMILES string of the molecule is CCCNc1nc(Cl)nc(OCC(F)F)n1. The lowest BCUT2D eigenvalue weighted by Gasteiger charge is -2.06. The Balaban J connectivity index is 2.65. The zero-order valence-corrected chi connectivity index (χ0v) is 9.34. The van der Waals surface area contributed by atoms with Crippen molar-refractivity contribution in [2.75, 3.05) is 18.5 Å². The first kappa shape index (κ1) is 12.8. The first-order valence-corrected chi connectivity index (χ1v) is 5.06. The van der Waals surface area contributed by atoms with Gasteiger partial charge in [-0.15, -0.1) is 0 Å². The molecule has 0 radical (unpaired) electrons. The third-order valence-electron chi connectivity index (χ3n) is 1.46. The van der Waals surface area contributed by atoms with Gasteiger partial charge in [0.15, 0.2) is 6.61 Å². The van der Waals surface area contributed by atoms with Crippen LogP contribution in [0.5, 0.6) is 6.01 Å². The number of halogens is 3. The molecule has 5 nitrogen and oxygen atoms in total. The highest BCUT2D eigenvalue weighted by Gasteiger charge is 2.08. The highest BCUT2D eigenvalue weighted by atomic mass is 35.5. The molecule has 0 atom stereocenters. The van der Waals surface area contributed by atoms with Crippen LogP contribution in [0.1, 0.15) is 13.3 Å². The number of ether oxygens (including phenoxy) is 1. The summed E-state index contributed by atoms with van der Waals surface area (Å²) < 4.78 is 28.4. The van der Waals surface area contributed by atoms with Gasteiger partial charge in [0.1, 0.15) is 0 Å². The van der Waals surface area contributed by atoms with Crippen LogP contribution in [0.4, 0.5) is 14.7 Å². The molecule has 0 bridgehead atoms. The molecule has 0 unspecified atom stereocenters. The molecule has 0 saturated carbocycles. The Labute approximate surface area is 96.2 Å².